The molecule has 0 radical (unpaired) electrons. The van der Waals surface area contributed by atoms with Crippen LogP contribution in [-0.2, 0) is 9.59 Å². The number of nitrogens with zero attached hydrogens (tertiary/aromatic N) is 1. The SMILES string of the molecule is CC(/C=C1\SC(=S)N(CCC(=O)NC(C)(C)C)C1=O)=C\c1ccccc1. The summed E-state index contributed by atoms with van der Waals surface area (Å²) in [4.78, 5) is 26.7. The van der Waals surface area contributed by atoms with Gasteiger partial charge in [-0.3, -0.25) is 14.5 Å². The Hall–Kier alpha value is -1.92. The smallest absolute Gasteiger partial charge is 0.266 e. The molecular formula is C20H24N2O2S2. The van der Waals surface area contributed by atoms with Crippen LogP contribution in [0.3, 0.4) is 0 Å². The van der Waals surface area contributed by atoms with E-state index in [2.05, 4.69) is 5.32 Å². The number of benzene rings is 1. The fourth-order valence-electron chi connectivity index (χ4n) is 2.45. The van der Waals surface area contributed by atoms with E-state index in [4.69, 9.17) is 12.2 Å². The highest BCUT2D eigenvalue weighted by Crippen LogP contribution is 2.32. The van der Waals surface area contributed by atoms with Crippen molar-refractivity contribution >= 4 is 46.2 Å². The zero-order valence-corrected chi connectivity index (χ0v) is 17.2. The first-order valence-corrected chi connectivity index (χ1v) is 9.68. The van der Waals surface area contributed by atoms with E-state index in [0.29, 0.717) is 15.8 Å². The summed E-state index contributed by atoms with van der Waals surface area (Å²) in [5.74, 6) is -0.222. The van der Waals surface area contributed by atoms with Crippen molar-refractivity contribution in [2.75, 3.05) is 6.54 Å². The highest BCUT2D eigenvalue weighted by Gasteiger charge is 2.32. The highest BCUT2D eigenvalue weighted by molar-refractivity contribution is 8.26. The molecule has 0 aliphatic carbocycles. The maximum absolute atomic E-state index is 12.6. The van der Waals surface area contributed by atoms with Gasteiger partial charge in [-0.05, 0) is 44.9 Å². The number of thiocarbonyl (C=S) groups is 1. The van der Waals surface area contributed by atoms with Gasteiger partial charge in [0.1, 0.15) is 4.32 Å². The van der Waals surface area contributed by atoms with Gasteiger partial charge in [-0.15, -0.1) is 0 Å². The molecule has 0 aromatic heterocycles. The number of carbonyl (C=O) groups excluding carboxylic acids is 2. The van der Waals surface area contributed by atoms with Crippen LogP contribution in [0.25, 0.3) is 6.08 Å². The predicted octanol–water partition coefficient (Wildman–Crippen LogP) is 4.14. The lowest BCUT2D eigenvalue weighted by Crippen LogP contribution is -2.42. The van der Waals surface area contributed by atoms with Crippen molar-refractivity contribution in [1.29, 1.82) is 0 Å². The van der Waals surface area contributed by atoms with E-state index >= 15 is 0 Å². The van der Waals surface area contributed by atoms with Gasteiger partial charge in [0.25, 0.3) is 5.91 Å². The highest BCUT2D eigenvalue weighted by atomic mass is 32.2. The minimum atomic E-state index is -0.286. The number of allylic oxidation sites excluding steroid dienone is 2. The zero-order valence-electron chi connectivity index (χ0n) is 15.5. The van der Waals surface area contributed by atoms with Gasteiger partial charge in [-0.2, -0.15) is 0 Å². The summed E-state index contributed by atoms with van der Waals surface area (Å²) in [6.45, 7) is 8.03. The molecule has 1 aliphatic rings. The molecule has 138 valence electrons. The molecule has 1 aromatic carbocycles. The van der Waals surface area contributed by atoms with Gasteiger partial charge < -0.3 is 5.32 Å². The minimum absolute atomic E-state index is 0.0873. The van der Waals surface area contributed by atoms with Gasteiger partial charge in [0.2, 0.25) is 5.91 Å². The van der Waals surface area contributed by atoms with Gasteiger partial charge in [-0.1, -0.05) is 60.4 Å². The third-order valence-corrected chi connectivity index (χ3v) is 4.88. The lowest BCUT2D eigenvalue weighted by Gasteiger charge is -2.21. The van der Waals surface area contributed by atoms with Crippen LogP contribution in [-0.4, -0.2) is 33.1 Å². The fraction of sp³-hybridized carbons (Fsp3) is 0.350. The van der Waals surface area contributed by atoms with Crippen molar-refractivity contribution in [3.63, 3.8) is 0 Å². The molecule has 1 aliphatic heterocycles. The standard InChI is InChI=1S/C20H24N2O2S2/c1-14(12-15-8-6-5-7-9-15)13-16-18(24)22(19(25)26-16)11-10-17(23)21-20(2,3)4/h5-9,12-13H,10-11H2,1-4H3,(H,21,23)/b14-12+,16-13-. The van der Waals surface area contributed by atoms with E-state index in [9.17, 15) is 9.59 Å². The van der Waals surface area contributed by atoms with Crippen LogP contribution in [0.1, 0.15) is 39.7 Å². The lowest BCUT2D eigenvalue weighted by atomic mass is 10.1. The molecule has 4 nitrogen and oxygen atoms in total. The summed E-state index contributed by atoms with van der Waals surface area (Å²) in [6, 6.07) is 9.93. The van der Waals surface area contributed by atoms with E-state index in [0.717, 1.165) is 11.1 Å². The normalized spacial score (nSPS) is 17.2. The van der Waals surface area contributed by atoms with Gasteiger partial charge in [0, 0.05) is 18.5 Å². The van der Waals surface area contributed by atoms with Crippen LogP contribution in [0.15, 0.2) is 46.9 Å². The number of nitrogens with one attached hydrogen (secondary N) is 1. The van der Waals surface area contributed by atoms with Crippen molar-refractivity contribution in [2.45, 2.75) is 39.7 Å². The zero-order chi connectivity index (χ0) is 19.3. The van der Waals surface area contributed by atoms with Gasteiger partial charge in [-0.25, -0.2) is 0 Å². The number of carbonyl (C=O) groups is 2. The Morgan fingerprint density at radius 1 is 1.27 bits per heavy atom. The largest absolute Gasteiger partial charge is 0.351 e. The topological polar surface area (TPSA) is 49.4 Å². The predicted molar refractivity (Wildman–Crippen MR) is 113 cm³/mol. The van der Waals surface area contributed by atoms with Gasteiger partial charge in [0.15, 0.2) is 0 Å². The summed E-state index contributed by atoms with van der Waals surface area (Å²) in [5, 5.41) is 2.89. The Morgan fingerprint density at radius 3 is 2.54 bits per heavy atom. The van der Waals surface area contributed by atoms with Gasteiger partial charge in [0.05, 0.1) is 4.91 Å². The number of thioether (sulfide) groups is 1. The second-order valence-electron chi connectivity index (χ2n) is 7.18. The number of rotatable bonds is 5. The van der Waals surface area contributed by atoms with Crippen LogP contribution >= 0.6 is 24.0 Å². The molecule has 1 N–H and O–H groups in total. The molecule has 0 saturated carbocycles. The molecule has 0 atom stereocenters. The van der Waals surface area contributed by atoms with Crippen LogP contribution < -0.4 is 5.32 Å². The quantitative estimate of drug-likeness (QED) is 0.608. The van der Waals surface area contributed by atoms with Crippen LogP contribution in [0, 0.1) is 0 Å². The summed E-state index contributed by atoms with van der Waals surface area (Å²) >= 11 is 6.60. The summed E-state index contributed by atoms with van der Waals surface area (Å²) in [7, 11) is 0. The second kappa shape index (κ2) is 8.64. The summed E-state index contributed by atoms with van der Waals surface area (Å²) in [6.07, 6.45) is 4.10. The molecule has 0 unspecified atom stereocenters. The fourth-order valence-corrected chi connectivity index (χ4v) is 3.81. The van der Waals surface area contributed by atoms with E-state index in [1.807, 2.05) is 70.2 Å². The van der Waals surface area contributed by atoms with Crippen molar-refractivity contribution in [1.82, 2.24) is 10.2 Å². The molecular weight excluding hydrogens is 364 g/mol. The number of amides is 2. The Morgan fingerprint density at radius 2 is 1.92 bits per heavy atom. The molecule has 2 amide bonds. The maximum Gasteiger partial charge on any atom is 0.266 e. The number of hydrogen-bond acceptors (Lipinski definition) is 4. The summed E-state index contributed by atoms with van der Waals surface area (Å²) < 4.78 is 0.498. The molecule has 6 heteroatoms. The molecule has 1 heterocycles. The minimum Gasteiger partial charge on any atom is -0.351 e. The molecule has 0 spiro atoms. The summed E-state index contributed by atoms with van der Waals surface area (Å²) in [5.41, 5.74) is 1.77. The number of hydrogen-bond donors (Lipinski definition) is 1. The Bertz CT molecular complexity index is 762. The Labute approximate surface area is 164 Å². The van der Waals surface area contributed by atoms with E-state index in [-0.39, 0.29) is 23.8 Å². The van der Waals surface area contributed by atoms with Crippen molar-refractivity contribution < 1.29 is 9.59 Å². The first-order chi connectivity index (χ1) is 12.2. The first-order valence-electron chi connectivity index (χ1n) is 8.45. The lowest BCUT2D eigenvalue weighted by molar-refractivity contribution is -0.124. The van der Waals surface area contributed by atoms with E-state index in [1.165, 1.54) is 16.7 Å². The third kappa shape index (κ3) is 6.11. The van der Waals surface area contributed by atoms with Gasteiger partial charge >= 0.3 is 0 Å². The maximum atomic E-state index is 12.6. The van der Waals surface area contributed by atoms with Crippen molar-refractivity contribution in [3.05, 3.63) is 52.4 Å². The Balaban J connectivity index is 2.01. The molecule has 0 bridgehead atoms. The monoisotopic (exact) mass is 388 g/mol. The van der Waals surface area contributed by atoms with Crippen LogP contribution in [0.5, 0.6) is 0 Å². The molecule has 26 heavy (non-hydrogen) atoms. The van der Waals surface area contributed by atoms with Crippen LogP contribution in [0.2, 0.25) is 0 Å². The molecule has 1 aromatic rings. The molecule has 1 saturated heterocycles. The Kier molecular flexibility index (Phi) is 6.78. The van der Waals surface area contributed by atoms with E-state index < -0.39 is 0 Å². The average molecular weight is 389 g/mol. The third-order valence-electron chi connectivity index (χ3n) is 3.50. The van der Waals surface area contributed by atoms with E-state index in [1.54, 1.807) is 0 Å². The first kappa shape index (κ1) is 20.4. The van der Waals surface area contributed by atoms with Crippen molar-refractivity contribution in [3.8, 4) is 0 Å². The van der Waals surface area contributed by atoms with Crippen molar-refractivity contribution in [2.24, 2.45) is 0 Å². The van der Waals surface area contributed by atoms with Crippen LogP contribution in [0.4, 0.5) is 0 Å². The molecule has 2 rings (SSSR count). The molecule has 1 fully saturated rings. The second-order valence-corrected chi connectivity index (χ2v) is 8.86. The average Bonchev–Trinajstić information content (AvgIpc) is 2.78.